The molecule has 1 aromatic heterocycles. The van der Waals surface area contributed by atoms with Gasteiger partial charge in [0.25, 0.3) is 0 Å². The van der Waals surface area contributed by atoms with Gasteiger partial charge in [-0.2, -0.15) is 0 Å². The van der Waals surface area contributed by atoms with E-state index in [9.17, 15) is 4.79 Å². The third kappa shape index (κ3) is 2.84. The van der Waals surface area contributed by atoms with Crippen molar-refractivity contribution < 1.29 is 9.53 Å². The highest BCUT2D eigenvalue weighted by Gasteiger charge is 2.31. The maximum atomic E-state index is 12.1. The van der Waals surface area contributed by atoms with Crippen LogP contribution >= 0.6 is 11.3 Å². The number of benzene rings is 1. The molecule has 0 spiro atoms. The SMILES string of the molecule is CCOc1ccc2nc(N3CC(CN=[N+]=[N-])CC3=O)sc2c1. The average molecular weight is 317 g/mol. The van der Waals surface area contributed by atoms with Crippen molar-refractivity contribution in [2.45, 2.75) is 13.3 Å². The standard InChI is InChI=1S/C14H15N5O2S/c1-2-21-10-3-4-11-12(6-10)22-14(17-11)19-8-9(5-13(19)20)7-16-18-15/h3-4,6,9H,2,5,7-8H2,1H3. The van der Waals surface area contributed by atoms with Crippen molar-refractivity contribution in [2.75, 3.05) is 24.6 Å². The van der Waals surface area contributed by atoms with Crippen molar-refractivity contribution >= 4 is 32.6 Å². The fourth-order valence-corrected chi connectivity index (χ4v) is 3.53. The molecule has 1 atom stereocenters. The van der Waals surface area contributed by atoms with Gasteiger partial charge in [-0.3, -0.25) is 9.69 Å². The van der Waals surface area contributed by atoms with E-state index >= 15 is 0 Å². The van der Waals surface area contributed by atoms with E-state index in [2.05, 4.69) is 15.0 Å². The van der Waals surface area contributed by atoms with Crippen LogP contribution in [0.3, 0.4) is 0 Å². The Morgan fingerprint density at radius 2 is 2.45 bits per heavy atom. The second-order valence-corrected chi connectivity index (χ2v) is 6.06. The molecule has 1 fully saturated rings. The number of nitrogens with zero attached hydrogens (tertiary/aromatic N) is 5. The van der Waals surface area contributed by atoms with Crippen LogP contribution in [0, 0.1) is 5.92 Å². The number of carbonyl (C=O) groups is 1. The number of ether oxygens (including phenoxy) is 1. The van der Waals surface area contributed by atoms with E-state index in [0.29, 0.717) is 31.2 Å². The van der Waals surface area contributed by atoms with Crippen molar-refractivity contribution in [2.24, 2.45) is 11.0 Å². The van der Waals surface area contributed by atoms with Crippen LogP contribution in [0.15, 0.2) is 23.3 Å². The highest BCUT2D eigenvalue weighted by atomic mass is 32.1. The van der Waals surface area contributed by atoms with Gasteiger partial charge in [0.05, 0.1) is 16.8 Å². The molecule has 2 heterocycles. The lowest BCUT2D eigenvalue weighted by molar-refractivity contribution is -0.117. The first-order chi connectivity index (χ1) is 10.7. The van der Waals surface area contributed by atoms with Gasteiger partial charge in [0.2, 0.25) is 5.91 Å². The van der Waals surface area contributed by atoms with Gasteiger partial charge in [0.15, 0.2) is 5.13 Å². The van der Waals surface area contributed by atoms with Gasteiger partial charge in [-0.1, -0.05) is 16.5 Å². The fourth-order valence-electron chi connectivity index (χ4n) is 2.51. The maximum Gasteiger partial charge on any atom is 0.229 e. The highest BCUT2D eigenvalue weighted by Crippen LogP contribution is 2.34. The first-order valence-electron chi connectivity index (χ1n) is 7.06. The van der Waals surface area contributed by atoms with Crippen LogP contribution in [0.2, 0.25) is 0 Å². The van der Waals surface area contributed by atoms with Gasteiger partial charge in [0.1, 0.15) is 5.75 Å². The van der Waals surface area contributed by atoms with E-state index in [4.69, 9.17) is 10.3 Å². The Bertz CT molecular complexity index is 753. The first kappa shape index (κ1) is 14.6. The molecule has 1 aliphatic heterocycles. The van der Waals surface area contributed by atoms with Gasteiger partial charge in [-0.15, -0.1) is 0 Å². The van der Waals surface area contributed by atoms with Gasteiger partial charge in [-0.05, 0) is 36.6 Å². The first-order valence-corrected chi connectivity index (χ1v) is 7.87. The summed E-state index contributed by atoms with van der Waals surface area (Å²) >= 11 is 1.47. The molecule has 0 radical (unpaired) electrons. The molecule has 8 heteroatoms. The Kier molecular flexibility index (Phi) is 4.13. The number of amides is 1. The van der Waals surface area contributed by atoms with Gasteiger partial charge in [-0.25, -0.2) is 4.98 Å². The lowest BCUT2D eigenvalue weighted by atomic mass is 10.1. The monoisotopic (exact) mass is 317 g/mol. The fraction of sp³-hybridized carbons (Fsp3) is 0.429. The summed E-state index contributed by atoms with van der Waals surface area (Å²) in [6.07, 6.45) is 0.402. The summed E-state index contributed by atoms with van der Waals surface area (Å²) in [6, 6.07) is 5.72. The zero-order valence-electron chi connectivity index (χ0n) is 12.1. The van der Waals surface area contributed by atoms with Crippen LogP contribution in [0.4, 0.5) is 5.13 Å². The summed E-state index contributed by atoms with van der Waals surface area (Å²) in [7, 11) is 0. The Labute approximate surface area is 131 Å². The molecule has 0 saturated carbocycles. The number of azide groups is 1. The minimum Gasteiger partial charge on any atom is -0.494 e. The molecule has 1 aromatic carbocycles. The predicted molar refractivity (Wildman–Crippen MR) is 85.3 cm³/mol. The minimum absolute atomic E-state index is 0.0298. The maximum absolute atomic E-state index is 12.1. The van der Waals surface area contributed by atoms with Crippen molar-refractivity contribution in [1.82, 2.24) is 4.98 Å². The molecule has 0 bridgehead atoms. The summed E-state index contributed by atoms with van der Waals surface area (Å²) in [5.74, 6) is 0.899. The summed E-state index contributed by atoms with van der Waals surface area (Å²) in [4.78, 5) is 21.1. The lowest BCUT2D eigenvalue weighted by Crippen LogP contribution is -2.24. The molecule has 1 aliphatic rings. The molecule has 0 N–H and O–H groups in total. The van der Waals surface area contributed by atoms with E-state index in [1.807, 2.05) is 25.1 Å². The molecule has 1 amide bonds. The van der Waals surface area contributed by atoms with E-state index in [1.54, 1.807) is 4.90 Å². The van der Waals surface area contributed by atoms with Crippen LogP contribution in [0.1, 0.15) is 13.3 Å². The number of hydrogen-bond donors (Lipinski definition) is 0. The number of aromatic nitrogens is 1. The third-order valence-electron chi connectivity index (χ3n) is 3.50. The Morgan fingerprint density at radius 3 is 3.23 bits per heavy atom. The molecule has 0 aliphatic carbocycles. The summed E-state index contributed by atoms with van der Waals surface area (Å²) in [5.41, 5.74) is 9.23. The summed E-state index contributed by atoms with van der Waals surface area (Å²) in [6.45, 7) is 3.45. The van der Waals surface area contributed by atoms with E-state index in [0.717, 1.165) is 16.0 Å². The van der Waals surface area contributed by atoms with Gasteiger partial charge in [0, 0.05) is 24.4 Å². The molecular weight excluding hydrogens is 302 g/mol. The van der Waals surface area contributed by atoms with E-state index in [1.165, 1.54) is 11.3 Å². The normalized spacial score (nSPS) is 17.8. The molecule has 2 aromatic rings. The van der Waals surface area contributed by atoms with Crippen LogP contribution in [0.25, 0.3) is 20.7 Å². The molecule has 22 heavy (non-hydrogen) atoms. The number of rotatable bonds is 5. The minimum atomic E-state index is 0.0298. The molecule has 1 unspecified atom stereocenters. The van der Waals surface area contributed by atoms with Crippen LogP contribution in [0.5, 0.6) is 5.75 Å². The molecule has 114 valence electrons. The zero-order valence-corrected chi connectivity index (χ0v) is 12.9. The number of hydrogen-bond acceptors (Lipinski definition) is 5. The Morgan fingerprint density at radius 1 is 1.59 bits per heavy atom. The van der Waals surface area contributed by atoms with Crippen molar-refractivity contribution in [3.63, 3.8) is 0 Å². The lowest BCUT2D eigenvalue weighted by Gasteiger charge is -2.11. The van der Waals surface area contributed by atoms with E-state index in [-0.39, 0.29) is 11.8 Å². The van der Waals surface area contributed by atoms with Crippen LogP contribution in [-0.4, -0.2) is 30.6 Å². The number of thiazole rings is 1. The Balaban J connectivity index is 1.83. The molecule has 1 saturated heterocycles. The van der Waals surface area contributed by atoms with Crippen molar-refractivity contribution in [3.8, 4) is 5.75 Å². The number of fused-ring (bicyclic) bond motifs is 1. The molecule has 7 nitrogen and oxygen atoms in total. The average Bonchev–Trinajstić information content (AvgIpc) is 3.08. The topological polar surface area (TPSA) is 91.2 Å². The summed E-state index contributed by atoms with van der Waals surface area (Å²) < 4.78 is 6.48. The summed E-state index contributed by atoms with van der Waals surface area (Å²) in [5, 5.41) is 4.25. The van der Waals surface area contributed by atoms with Gasteiger partial charge >= 0.3 is 0 Å². The largest absolute Gasteiger partial charge is 0.494 e. The number of carbonyl (C=O) groups excluding carboxylic acids is 1. The van der Waals surface area contributed by atoms with Crippen molar-refractivity contribution in [1.29, 1.82) is 0 Å². The quantitative estimate of drug-likeness (QED) is 0.481. The third-order valence-corrected chi connectivity index (χ3v) is 4.54. The highest BCUT2D eigenvalue weighted by molar-refractivity contribution is 7.22. The number of anilines is 1. The van der Waals surface area contributed by atoms with Gasteiger partial charge < -0.3 is 4.74 Å². The van der Waals surface area contributed by atoms with E-state index < -0.39 is 0 Å². The zero-order chi connectivity index (χ0) is 15.5. The van der Waals surface area contributed by atoms with Crippen molar-refractivity contribution in [3.05, 3.63) is 28.6 Å². The Hall–Kier alpha value is -2.31. The molecule has 3 rings (SSSR count). The van der Waals surface area contributed by atoms with Crippen LogP contribution < -0.4 is 9.64 Å². The smallest absolute Gasteiger partial charge is 0.229 e. The van der Waals surface area contributed by atoms with Crippen LogP contribution in [-0.2, 0) is 4.79 Å². The molecular formula is C14H15N5O2S. The predicted octanol–water partition coefficient (Wildman–Crippen LogP) is 3.36. The second-order valence-electron chi connectivity index (χ2n) is 5.05. The second kappa shape index (κ2) is 6.21.